The van der Waals surface area contributed by atoms with Gasteiger partial charge in [-0.1, -0.05) is 12.1 Å². The monoisotopic (exact) mass is 301 g/mol. The van der Waals surface area contributed by atoms with Crippen molar-refractivity contribution in [2.45, 2.75) is 38.8 Å². The van der Waals surface area contributed by atoms with Gasteiger partial charge < -0.3 is 9.82 Å². The number of fused-ring (bicyclic) bond motifs is 3. The Morgan fingerprint density at radius 1 is 1.45 bits per heavy atom. The Hall–Kier alpha value is -1.88. The van der Waals surface area contributed by atoms with Crippen LogP contribution in [-0.4, -0.2) is 34.8 Å². The molecule has 0 saturated heterocycles. The van der Waals surface area contributed by atoms with Crippen molar-refractivity contribution in [3.63, 3.8) is 0 Å². The van der Waals surface area contributed by atoms with Gasteiger partial charge in [-0.05, 0) is 30.2 Å². The molecule has 1 aromatic carbocycles. The van der Waals surface area contributed by atoms with Crippen LogP contribution in [-0.2, 0) is 17.8 Å². The van der Waals surface area contributed by atoms with Gasteiger partial charge in [-0.3, -0.25) is 4.90 Å². The molecule has 0 spiro atoms. The first-order valence-electron chi connectivity index (χ1n) is 7.96. The molecule has 1 atom stereocenters. The SMILES string of the molecule is CCC1=NO[C@@H](CN2CCc3[nH]c4ccc(F)cc4c3C2)C1. The minimum atomic E-state index is -0.175. The van der Waals surface area contributed by atoms with E-state index in [-0.39, 0.29) is 11.9 Å². The predicted molar refractivity (Wildman–Crippen MR) is 84.5 cm³/mol. The van der Waals surface area contributed by atoms with Crippen molar-refractivity contribution in [3.8, 4) is 0 Å². The second-order valence-corrected chi connectivity index (χ2v) is 6.20. The third-order valence-electron chi connectivity index (χ3n) is 4.68. The Kier molecular flexibility index (Phi) is 3.37. The fourth-order valence-corrected chi connectivity index (χ4v) is 3.48. The van der Waals surface area contributed by atoms with E-state index in [0.717, 1.165) is 55.5 Å². The number of nitrogens with zero attached hydrogens (tertiary/aromatic N) is 2. The molecule has 0 fully saturated rings. The first kappa shape index (κ1) is 13.8. The maximum absolute atomic E-state index is 13.5. The molecule has 0 unspecified atom stereocenters. The number of benzene rings is 1. The fraction of sp³-hybridized carbons (Fsp3) is 0.471. The van der Waals surface area contributed by atoms with Gasteiger partial charge in [0.05, 0.1) is 5.71 Å². The van der Waals surface area contributed by atoms with Gasteiger partial charge in [0, 0.05) is 49.1 Å². The average molecular weight is 301 g/mol. The summed E-state index contributed by atoms with van der Waals surface area (Å²) in [6, 6.07) is 4.98. The highest BCUT2D eigenvalue weighted by Gasteiger charge is 2.26. The molecule has 3 heterocycles. The number of halogens is 1. The van der Waals surface area contributed by atoms with Gasteiger partial charge in [-0.15, -0.1) is 0 Å². The van der Waals surface area contributed by atoms with E-state index in [1.165, 1.54) is 17.3 Å². The summed E-state index contributed by atoms with van der Waals surface area (Å²) in [5, 5.41) is 5.14. The lowest BCUT2D eigenvalue weighted by Gasteiger charge is -2.28. The number of oxime groups is 1. The number of hydrogen-bond donors (Lipinski definition) is 1. The summed E-state index contributed by atoms with van der Waals surface area (Å²) in [6.45, 7) is 4.84. The molecule has 0 amide bonds. The minimum absolute atomic E-state index is 0.165. The van der Waals surface area contributed by atoms with Crippen LogP contribution in [0.25, 0.3) is 10.9 Å². The lowest BCUT2D eigenvalue weighted by atomic mass is 10.0. The van der Waals surface area contributed by atoms with E-state index >= 15 is 0 Å². The Balaban J connectivity index is 1.51. The molecule has 0 aliphatic carbocycles. The summed E-state index contributed by atoms with van der Waals surface area (Å²) < 4.78 is 13.5. The third-order valence-corrected chi connectivity index (χ3v) is 4.68. The van der Waals surface area contributed by atoms with Crippen LogP contribution in [0.2, 0.25) is 0 Å². The molecule has 0 radical (unpaired) electrons. The summed E-state index contributed by atoms with van der Waals surface area (Å²) in [5.41, 5.74) is 4.66. The number of rotatable bonds is 3. The zero-order valence-corrected chi connectivity index (χ0v) is 12.7. The van der Waals surface area contributed by atoms with E-state index in [1.807, 2.05) is 6.07 Å². The maximum atomic E-state index is 13.5. The number of H-pyrrole nitrogens is 1. The molecule has 1 N–H and O–H groups in total. The zero-order valence-electron chi connectivity index (χ0n) is 12.7. The molecular weight excluding hydrogens is 281 g/mol. The Morgan fingerprint density at radius 2 is 2.36 bits per heavy atom. The van der Waals surface area contributed by atoms with Crippen LogP contribution in [0.5, 0.6) is 0 Å². The zero-order chi connectivity index (χ0) is 15.1. The van der Waals surface area contributed by atoms with Crippen molar-refractivity contribution in [1.29, 1.82) is 0 Å². The molecule has 0 saturated carbocycles. The molecule has 116 valence electrons. The molecule has 2 aliphatic heterocycles. The van der Waals surface area contributed by atoms with E-state index in [9.17, 15) is 4.39 Å². The van der Waals surface area contributed by atoms with Gasteiger partial charge >= 0.3 is 0 Å². The molecule has 2 aliphatic rings. The van der Waals surface area contributed by atoms with Crippen molar-refractivity contribution in [1.82, 2.24) is 9.88 Å². The van der Waals surface area contributed by atoms with Crippen molar-refractivity contribution < 1.29 is 9.23 Å². The highest BCUT2D eigenvalue weighted by atomic mass is 19.1. The molecule has 1 aromatic heterocycles. The molecule has 4 nitrogen and oxygen atoms in total. The van der Waals surface area contributed by atoms with Gasteiger partial charge in [0.1, 0.15) is 11.9 Å². The minimum Gasteiger partial charge on any atom is -0.391 e. The summed E-state index contributed by atoms with van der Waals surface area (Å²) in [4.78, 5) is 11.3. The van der Waals surface area contributed by atoms with E-state index < -0.39 is 0 Å². The first-order valence-corrected chi connectivity index (χ1v) is 7.96. The normalized spacial score (nSPS) is 21.7. The van der Waals surface area contributed by atoms with Crippen molar-refractivity contribution >= 4 is 16.6 Å². The lowest BCUT2D eigenvalue weighted by molar-refractivity contribution is 0.0488. The van der Waals surface area contributed by atoms with Gasteiger partial charge in [0.2, 0.25) is 0 Å². The van der Waals surface area contributed by atoms with Crippen LogP contribution in [0.3, 0.4) is 0 Å². The van der Waals surface area contributed by atoms with E-state index in [4.69, 9.17) is 4.84 Å². The molecular formula is C17H20FN3O. The van der Waals surface area contributed by atoms with E-state index in [0.29, 0.717) is 0 Å². The van der Waals surface area contributed by atoms with Gasteiger partial charge in [0.25, 0.3) is 0 Å². The smallest absolute Gasteiger partial charge is 0.145 e. The average Bonchev–Trinajstić information content (AvgIpc) is 3.11. The van der Waals surface area contributed by atoms with Gasteiger partial charge in [-0.25, -0.2) is 4.39 Å². The highest BCUT2D eigenvalue weighted by Crippen LogP contribution is 2.29. The molecule has 4 rings (SSSR count). The number of aromatic amines is 1. The first-order chi connectivity index (χ1) is 10.7. The second-order valence-electron chi connectivity index (χ2n) is 6.20. The van der Waals surface area contributed by atoms with Crippen molar-refractivity contribution in [2.75, 3.05) is 13.1 Å². The molecule has 2 aromatic rings. The van der Waals surface area contributed by atoms with Crippen LogP contribution in [0.4, 0.5) is 4.39 Å². The number of aromatic nitrogens is 1. The largest absolute Gasteiger partial charge is 0.391 e. The Bertz CT molecular complexity index is 737. The highest BCUT2D eigenvalue weighted by molar-refractivity contribution is 5.85. The Morgan fingerprint density at radius 3 is 3.18 bits per heavy atom. The molecule has 0 bridgehead atoms. The maximum Gasteiger partial charge on any atom is 0.145 e. The van der Waals surface area contributed by atoms with Crippen LogP contribution < -0.4 is 0 Å². The van der Waals surface area contributed by atoms with Crippen LogP contribution in [0, 0.1) is 5.82 Å². The fourth-order valence-electron chi connectivity index (χ4n) is 3.48. The predicted octanol–water partition coefficient (Wildman–Crippen LogP) is 3.22. The summed E-state index contributed by atoms with van der Waals surface area (Å²) in [7, 11) is 0. The molecule has 22 heavy (non-hydrogen) atoms. The van der Waals surface area contributed by atoms with Gasteiger partial charge in [0.15, 0.2) is 0 Å². The quantitative estimate of drug-likeness (QED) is 0.945. The standard InChI is InChI=1S/C17H20FN3O/c1-2-12-8-13(22-20-12)9-21-6-5-17-15(10-21)14-7-11(18)3-4-16(14)19-17/h3-4,7,13,19H,2,5-6,8-10H2,1H3/t13-/m1/s1. The van der Waals surface area contributed by atoms with Crippen LogP contribution in [0.1, 0.15) is 31.0 Å². The molecule has 5 heteroatoms. The number of nitrogens with one attached hydrogen (secondary N) is 1. The van der Waals surface area contributed by atoms with Crippen molar-refractivity contribution in [2.24, 2.45) is 5.16 Å². The Labute approximate surface area is 128 Å². The topological polar surface area (TPSA) is 40.6 Å². The van der Waals surface area contributed by atoms with Crippen LogP contribution >= 0.6 is 0 Å². The summed E-state index contributed by atoms with van der Waals surface area (Å²) in [6.07, 6.45) is 3.03. The summed E-state index contributed by atoms with van der Waals surface area (Å²) >= 11 is 0. The van der Waals surface area contributed by atoms with Crippen LogP contribution in [0.15, 0.2) is 23.4 Å². The second kappa shape index (κ2) is 5.39. The summed E-state index contributed by atoms with van der Waals surface area (Å²) in [5.74, 6) is -0.175. The number of hydrogen-bond acceptors (Lipinski definition) is 3. The van der Waals surface area contributed by atoms with Gasteiger partial charge in [-0.2, -0.15) is 0 Å². The van der Waals surface area contributed by atoms with E-state index in [2.05, 4.69) is 22.0 Å². The third kappa shape index (κ3) is 2.39. The van der Waals surface area contributed by atoms with E-state index in [1.54, 1.807) is 6.07 Å². The van der Waals surface area contributed by atoms with Crippen molar-refractivity contribution in [3.05, 3.63) is 35.3 Å². The lowest BCUT2D eigenvalue weighted by Crippen LogP contribution is -2.36.